The third-order valence-electron chi connectivity index (χ3n) is 2.74. The van der Waals surface area contributed by atoms with Crippen molar-refractivity contribution in [3.05, 3.63) is 54.7 Å². The molecule has 2 heterocycles. The first kappa shape index (κ1) is 19.4. The molecule has 2 aromatic heterocycles. The molecule has 0 aliphatic carbocycles. The maximum atomic E-state index is 10.0. The van der Waals surface area contributed by atoms with Crippen molar-refractivity contribution in [2.45, 2.75) is 20.3 Å². The summed E-state index contributed by atoms with van der Waals surface area (Å²) in [6.07, 6.45) is 1.90. The Bertz CT molecular complexity index is 739. The predicted octanol–water partition coefficient (Wildman–Crippen LogP) is 4.32. The van der Waals surface area contributed by atoms with Crippen molar-refractivity contribution in [2.75, 3.05) is 0 Å². The minimum atomic E-state index is -0.0625. The molecule has 0 spiro atoms. The first-order valence-corrected chi connectivity index (χ1v) is 7.69. The number of thiophene rings is 1. The van der Waals surface area contributed by atoms with Crippen LogP contribution in [0.3, 0.4) is 0 Å². The van der Waals surface area contributed by atoms with Gasteiger partial charge in [0.1, 0.15) is 11.6 Å². The Balaban J connectivity index is 0.000000287. The van der Waals surface area contributed by atoms with E-state index in [0.717, 1.165) is 10.6 Å². The van der Waals surface area contributed by atoms with E-state index in [1.54, 1.807) is 11.3 Å². The van der Waals surface area contributed by atoms with Gasteiger partial charge in [0.2, 0.25) is 0 Å². The zero-order chi connectivity index (χ0) is 15.9. The number of benzene rings is 1. The van der Waals surface area contributed by atoms with Crippen LogP contribution in [-0.2, 0) is 29.7 Å². The maximum absolute atomic E-state index is 10.0. The second-order valence-corrected chi connectivity index (χ2v) is 5.90. The fourth-order valence-electron chi connectivity index (χ4n) is 1.88. The molecule has 0 aliphatic heterocycles. The zero-order valence-electron chi connectivity index (χ0n) is 12.8. The van der Waals surface area contributed by atoms with Crippen LogP contribution in [0.15, 0.2) is 48.7 Å². The van der Waals surface area contributed by atoms with Gasteiger partial charge >= 0.3 is 0 Å². The molecule has 0 fully saturated rings. The first-order valence-electron chi connectivity index (χ1n) is 6.87. The van der Waals surface area contributed by atoms with E-state index in [1.165, 1.54) is 23.9 Å². The fourth-order valence-corrected chi connectivity index (χ4v) is 2.86. The fraction of sp³-hybridized carbons (Fsp3) is 0.167. The van der Waals surface area contributed by atoms with Gasteiger partial charge in [0.05, 0.1) is 6.42 Å². The molecule has 5 heteroatoms. The van der Waals surface area contributed by atoms with Crippen LogP contribution in [0.1, 0.15) is 20.3 Å². The van der Waals surface area contributed by atoms with Crippen LogP contribution in [0, 0.1) is 6.07 Å². The van der Waals surface area contributed by atoms with Crippen LogP contribution in [0.25, 0.3) is 20.7 Å². The number of ketones is 2. The van der Waals surface area contributed by atoms with Gasteiger partial charge in [-0.05, 0) is 29.5 Å². The molecule has 1 radical (unpaired) electrons. The van der Waals surface area contributed by atoms with Gasteiger partial charge in [-0.25, -0.2) is 11.3 Å². The molecule has 0 unspecified atom stereocenters. The third kappa shape index (κ3) is 6.14. The molecule has 3 rings (SSSR count). The van der Waals surface area contributed by atoms with Gasteiger partial charge in [-0.2, -0.15) is 0 Å². The summed E-state index contributed by atoms with van der Waals surface area (Å²) >= 11 is 1.73. The summed E-state index contributed by atoms with van der Waals surface area (Å²) < 4.78 is 1.26. The number of aromatic nitrogens is 1. The van der Waals surface area contributed by atoms with Crippen LogP contribution >= 0.6 is 11.3 Å². The molecule has 3 aromatic rings. The number of Topliss-reactive ketones (excluding diaryl/α,β-unsaturated/α-hetero) is 2. The van der Waals surface area contributed by atoms with E-state index in [4.69, 9.17) is 0 Å². The average Bonchev–Trinajstić information content (AvgIpc) is 2.91. The smallest absolute Gasteiger partial charge is 0.137 e. The molecular weight excluding hydrogens is 486 g/mol. The second-order valence-electron chi connectivity index (χ2n) is 4.85. The van der Waals surface area contributed by atoms with Crippen molar-refractivity contribution in [2.24, 2.45) is 0 Å². The SMILES string of the molecule is CC(=O)CC(C)=O.[Ir].[c-]1c(-c2ccccn2)sc2ccccc12. The van der Waals surface area contributed by atoms with Crippen LogP contribution < -0.4 is 0 Å². The number of nitrogens with zero attached hydrogens (tertiary/aromatic N) is 1. The molecule has 0 aliphatic rings. The summed E-state index contributed by atoms with van der Waals surface area (Å²) in [6.45, 7) is 2.81. The Labute approximate surface area is 153 Å². The number of hydrogen-bond donors (Lipinski definition) is 0. The van der Waals surface area contributed by atoms with Crippen molar-refractivity contribution in [3.63, 3.8) is 0 Å². The summed E-state index contributed by atoms with van der Waals surface area (Å²) in [4.78, 5) is 25.5. The normalized spacial score (nSPS) is 9.48. The second kappa shape index (κ2) is 9.46. The zero-order valence-corrected chi connectivity index (χ0v) is 16.0. The number of pyridine rings is 1. The molecule has 0 saturated heterocycles. The van der Waals surface area contributed by atoms with Crippen LogP contribution in [0.5, 0.6) is 0 Å². The summed E-state index contributed by atoms with van der Waals surface area (Å²) in [6, 6.07) is 17.6. The Morgan fingerprint density at radius 3 is 2.22 bits per heavy atom. The van der Waals surface area contributed by atoms with E-state index in [0.29, 0.717) is 0 Å². The average molecular weight is 503 g/mol. The molecule has 0 saturated carbocycles. The molecule has 121 valence electrons. The van der Waals surface area contributed by atoms with Gasteiger partial charge in [-0.3, -0.25) is 9.59 Å². The minimum absolute atomic E-state index is 0. The van der Waals surface area contributed by atoms with Gasteiger partial charge in [0.15, 0.2) is 0 Å². The quantitative estimate of drug-likeness (QED) is 0.396. The van der Waals surface area contributed by atoms with Crippen molar-refractivity contribution in [1.82, 2.24) is 4.98 Å². The van der Waals surface area contributed by atoms with E-state index in [2.05, 4.69) is 29.2 Å². The number of fused-ring (bicyclic) bond motifs is 1. The number of carbonyl (C=O) groups excluding carboxylic acids is 2. The Morgan fingerprint density at radius 2 is 1.70 bits per heavy atom. The molecule has 0 atom stereocenters. The molecule has 0 bridgehead atoms. The monoisotopic (exact) mass is 503 g/mol. The molecular formula is C18H16IrNO2S-. The van der Waals surface area contributed by atoms with Crippen LogP contribution in [-0.4, -0.2) is 16.6 Å². The summed E-state index contributed by atoms with van der Waals surface area (Å²) in [5.74, 6) is -0.125. The molecule has 23 heavy (non-hydrogen) atoms. The number of carbonyl (C=O) groups is 2. The largest absolute Gasteiger partial charge is 0.303 e. The Morgan fingerprint density at radius 1 is 1.04 bits per heavy atom. The Kier molecular flexibility index (Phi) is 7.96. The predicted molar refractivity (Wildman–Crippen MR) is 89.9 cm³/mol. The molecule has 3 nitrogen and oxygen atoms in total. The molecule has 1 aromatic carbocycles. The van der Waals surface area contributed by atoms with Crippen molar-refractivity contribution in [1.29, 1.82) is 0 Å². The summed E-state index contributed by atoms with van der Waals surface area (Å²) in [5.41, 5.74) is 0.999. The van der Waals surface area contributed by atoms with Gasteiger partial charge in [-0.1, -0.05) is 24.3 Å². The standard InChI is InChI=1S/C13H8NS.C5H8O2.Ir/c1-2-7-12-10(5-1)9-13(15-12)11-6-3-4-8-14-11;1-4(6)3-5(2)7;/h1-8H;3H2,1-2H3;/q-1;;. The first-order chi connectivity index (χ1) is 10.6. The summed E-state index contributed by atoms with van der Waals surface area (Å²) in [5, 5.41) is 1.17. The van der Waals surface area contributed by atoms with E-state index in [1.807, 2.05) is 30.5 Å². The van der Waals surface area contributed by atoms with Crippen LogP contribution in [0.2, 0.25) is 0 Å². The van der Waals surface area contributed by atoms with E-state index in [-0.39, 0.29) is 38.1 Å². The van der Waals surface area contributed by atoms with Crippen molar-refractivity contribution < 1.29 is 29.7 Å². The van der Waals surface area contributed by atoms with E-state index < -0.39 is 0 Å². The van der Waals surface area contributed by atoms with Gasteiger partial charge < -0.3 is 4.98 Å². The van der Waals surface area contributed by atoms with Crippen molar-refractivity contribution >= 4 is 33.0 Å². The summed E-state index contributed by atoms with van der Waals surface area (Å²) in [7, 11) is 0. The van der Waals surface area contributed by atoms with Gasteiger partial charge in [-0.15, -0.1) is 23.6 Å². The molecule has 0 amide bonds. The van der Waals surface area contributed by atoms with Crippen molar-refractivity contribution in [3.8, 4) is 10.6 Å². The van der Waals surface area contributed by atoms with Crippen LogP contribution in [0.4, 0.5) is 0 Å². The topological polar surface area (TPSA) is 47.0 Å². The van der Waals surface area contributed by atoms with Gasteiger partial charge in [0, 0.05) is 32.0 Å². The maximum Gasteiger partial charge on any atom is 0.137 e. The number of rotatable bonds is 3. The minimum Gasteiger partial charge on any atom is -0.303 e. The van der Waals surface area contributed by atoms with E-state index in [9.17, 15) is 9.59 Å². The molecule has 0 N–H and O–H groups in total. The van der Waals surface area contributed by atoms with E-state index >= 15 is 0 Å². The van der Waals surface area contributed by atoms with Gasteiger partial charge in [0.25, 0.3) is 0 Å². The number of hydrogen-bond acceptors (Lipinski definition) is 4. The Hall–Kier alpha value is -1.68. The third-order valence-corrected chi connectivity index (χ3v) is 3.83.